The van der Waals surface area contributed by atoms with E-state index < -0.39 is 5.97 Å². The number of anilines is 1. The van der Waals surface area contributed by atoms with Crippen LogP contribution in [0.4, 0.5) is 5.69 Å². The Kier molecular flexibility index (Phi) is 3.01. The average Bonchev–Trinajstić information content (AvgIpc) is 2.75. The topological polar surface area (TPSA) is 105 Å². The molecule has 6 nitrogen and oxygen atoms in total. The van der Waals surface area contributed by atoms with Crippen LogP contribution < -0.4 is 5.73 Å². The van der Waals surface area contributed by atoms with E-state index in [1.165, 1.54) is 24.2 Å². The molecule has 17 heavy (non-hydrogen) atoms. The summed E-state index contributed by atoms with van der Waals surface area (Å²) in [5.74, 6) is -1.04. The minimum atomic E-state index is -1.04. The number of nitrogen functional groups attached to an aromatic ring is 1. The second-order valence-corrected chi connectivity index (χ2v) is 4.46. The Morgan fingerprint density at radius 2 is 2.29 bits per heavy atom. The lowest BCUT2D eigenvalue weighted by Crippen LogP contribution is -2.04. The highest BCUT2D eigenvalue weighted by molar-refractivity contribution is 7.99. The average molecular weight is 250 g/mol. The third-order valence-corrected chi connectivity index (χ3v) is 3.06. The third-order valence-electron chi connectivity index (χ3n) is 2.20. The maximum atomic E-state index is 11.0. The van der Waals surface area contributed by atoms with Crippen LogP contribution in [-0.2, 0) is 0 Å². The van der Waals surface area contributed by atoms with E-state index in [9.17, 15) is 4.79 Å². The molecule has 2 rings (SSSR count). The predicted molar refractivity (Wildman–Crippen MR) is 63.1 cm³/mol. The highest BCUT2D eigenvalue weighted by atomic mass is 32.2. The Labute approximate surface area is 101 Å². The van der Waals surface area contributed by atoms with Crippen LogP contribution in [0.3, 0.4) is 0 Å². The van der Waals surface area contributed by atoms with Gasteiger partial charge in [0.15, 0.2) is 5.16 Å². The Balaban J connectivity index is 2.39. The number of hydrogen-bond acceptors (Lipinski definition) is 5. The summed E-state index contributed by atoms with van der Waals surface area (Å²) in [5, 5.41) is 16.0. The molecule has 0 aliphatic heterocycles. The molecule has 0 amide bonds. The highest BCUT2D eigenvalue weighted by Crippen LogP contribution is 2.29. The molecule has 4 N–H and O–H groups in total. The molecule has 0 spiro atoms. The number of aryl methyl sites for hydroxylation is 1. The summed E-state index contributed by atoms with van der Waals surface area (Å²) in [6.45, 7) is 1.77. The number of aromatic amines is 1. The van der Waals surface area contributed by atoms with E-state index >= 15 is 0 Å². The summed E-state index contributed by atoms with van der Waals surface area (Å²) < 4.78 is 0. The van der Waals surface area contributed by atoms with E-state index in [1.54, 1.807) is 6.92 Å². The zero-order valence-electron chi connectivity index (χ0n) is 8.97. The van der Waals surface area contributed by atoms with Crippen molar-refractivity contribution in [1.29, 1.82) is 0 Å². The number of aromatic carboxylic acids is 1. The van der Waals surface area contributed by atoms with Gasteiger partial charge in [0.25, 0.3) is 0 Å². The van der Waals surface area contributed by atoms with E-state index in [-0.39, 0.29) is 5.56 Å². The molecule has 0 atom stereocenters. The van der Waals surface area contributed by atoms with Crippen LogP contribution in [0.25, 0.3) is 0 Å². The zero-order chi connectivity index (χ0) is 12.4. The van der Waals surface area contributed by atoms with Gasteiger partial charge in [-0.15, -0.1) is 0 Å². The lowest BCUT2D eigenvalue weighted by Gasteiger charge is -2.07. The molecule has 1 heterocycles. The van der Waals surface area contributed by atoms with Crippen LogP contribution in [0.5, 0.6) is 0 Å². The first kappa shape index (κ1) is 11.5. The maximum Gasteiger partial charge on any atom is 0.337 e. The molecular weight excluding hydrogens is 240 g/mol. The van der Waals surface area contributed by atoms with Gasteiger partial charge >= 0.3 is 5.97 Å². The number of nitrogens with two attached hydrogens (primary N) is 1. The number of nitrogens with one attached hydrogen (secondary N) is 1. The van der Waals surface area contributed by atoms with Crippen molar-refractivity contribution in [3.63, 3.8) is 0 Å². The van der Waals surface area contributed by atoms with Gasteiger partial charge < -0.3 is 10.8 Å². The van der Waals surface area contributed by atoms with Crippen LogP contribution in [0.1, 0.15) is 15.9 Å². The van der Waals surface area contributed by atoms with Crippen LogP contribution in [0.2, 0.25) is 0 Å². The second-order valence-electron chi connectivity index (χ2n) is 3.40. The van der Waals surface area contributed by atoms with Crippen molar-refractivity contribution in [1.82, 2.24) is 15.2 Å². The number of carboxylic acids is 1. The molecule has 0 aliphatic rings. The van der Waals surface area contributed by atoms with E-state index in [2.05, 4.69) is 15.2 Å². The molecule has 0 bridgehead atoms. The normalized spacial score (nSPS) is 10.4. The van der Waals surface area contributed by atoms with Gasteiger partial charge in [0.2, 0.25) is 0 Å². The third kappa shape index (κ3) is 2.39. The number of aromatic nitrogens is 3. The lowest BCUT2D eigenvalue weighted by molar-refractivity contribution is 0.0697. The van der Waals surface area contributed by atoms with Crippen LogP contribution in [0.15, 0.2) is 28.5 Å². The van der Waals surface area contributed by atoms with Gasteiger partial charge in [-0.3, -0.25) is 5.10 Å². The van der Waals surface area contributed by atoms with Gasteiger partial charge in [-0.05, 0) is 24.6 Å². The van der Waals surface area contributed by atoms with Crippen LogP contribution in [-0.4, -0.2) is 26.3 Å². The Morgan fingerprint density at radius 3 is 2.88 bits per heavy atom. The van der Waals surface area contributed by atoms with Crippen molar-refractivity contribution in [2.45, 2.75) is 17.0 Å². The summed E-state index contributed by atoms with van der Waals surface area (Å²) in [6, 6.07) is 3.34. The number of benzene rings is 1. The summed E-state index contributed by atoms with van der Waals surface area (Å²) >= 11 is 1.30. The fourth-order valence-corrected chi connectivity index (χ4v) is 2.19. The zero-order valence-corrected chi connectivity index (χ0v) is 9.78. The molecule has 1 aromatic carbocycles. The monoisotopic (exact) mass is 250 g/mol. The van der Waals surface area contributed by atoms with Gasteiger partial charge in [0.1, 0.15) is 6.33 Å². The first-order valence-corrected chi connectivity index (χ1v) is 5.56. The van der Waals surface area contributed by atoms with Crippen LogP contribution >= 0.6 is 11.8 Å². The Hall–Kier alpha value is -2.02. The first-order chi connectivity index (χ1) is 8.08. The molecule has 1 aromatic heterocycles. The van der Waals surface area contributed by atoms with Crippen molar-refractivity contribution in [2.24, 2.45) is 0 Å². The molecule has 0 radical (unpaired) electrons. The fraction of sp³-hybridized carbons (Fsp3) is 0.100. The predicted octanol–water partition coefficient (Wildman–Crippen LogP) is 1.54. The molecule has 7 heteroatoms. The fourth-order valence-electron chi connectivity index (χ4n) is 1.36. The number of hydrogen-bond donors (Lipinski definition) is 3. The van der Waals surface area contributed by atoms with Crippen molar-refractivity contribution >= 4 is 23.4 Å². The molecule has 2 aromatic rings. The molecule has 0 fully saturated rings. The number of rotatable bonds is 3. The maximum absolute atomic E-state index is 11.0. The number of carbonyl (C=O) groups is 1. The summed E-state index contributed by atoms with van der Waals surface area (Å²) in [7, 11) is 0. The van der Waals surface area contributed by atoms with Crippen molar-refractivity contribution in [2.75, 3.05) is 5.73 Å². The highest BCUT2D eigenvalue weighted by Gasteiger charge is 2.12. The first-order valence-electron chi connectivity index (χ1n) is 4.74. The lowest BCUT2D eigenvalue weighted by atomic mass is 10.1. The largest absolute Gasteiger partial charge is 0.478 e. The van der Waals surface area contributed by atoms with E-state index in [0.29, 0.717) is 10.8 Å². The number of H-pyrrole nitrogens is 1. The minimum absolute atomic E-state index is 0.104. The summed E-state index contributed by atoms with van der Waals surface area (Å²) in [5.41, 5.74) is 6.82. The van der Waals surface area contributed by atoms with Gasteiger partial charge in [0, 0.05) is 10.6 Å². The van der Waals surface area contributed by atoms with Gasteiger partial charge in [-0.2, -0.15) is 5.10 Å². The Bertz CT molecular complexity index is 554. The smallest absolute Gasteiger partial charge is 0.337 e. The number of nitrogens with zero attached hydrogens (tertiary/aromatic N) is 2. The molecule has 0 saturated carbocycles. The van der Waals surface area contributed by atoms with Gasteiger partial charge in [0.05, 0.1) is 5.56 Å². The van der Waals surface area contributed by atoms with Gasteiger partial charge in [-0.25, -0.2) is 9.78 Å². The molecule has 0 aliphatic carbocycles. The van der Waals surface area contributed by atoms with Crippen molar-refractivity contribution in [3.8, 4) is 0 Å². The summed E-state index contributed by atoms with van der Waals surface area (Å²) in [6.07, 6.45) is 1.39. The molecule has 0 saturated heterocycles. The van der Waals surface area contributed by atoms with Crippen LogP contribution in [0, 0.1) is 6.92 Å². The van der Waals surface area contributed by atoms with Gasteiger partial charge in [-0.1, -0.05) is 11.8 Å². The summed E-state index contributed by atoms with van der Waals surface area (Å²) in [4.78, 5) is 15.7. The van der Waals surface area contributed by atoms with Crippen molar-refractivity contribution in [3.05, 3.63) is 29.6 Å². The quantitative estimate of drug-likeness (QED) is 0.714. The number of carboxylic acid groups (broad SMARTS) is 1. The SMILES string of the molecule is Cc1cc(Sc2ncn[nH]2)cc(C(=O)O)c1N. The van der Waals surface area contributed by atoms with Crippen molar-refractivity contribution < 1.29 is 9.90 Å². The molecule has 0 unspecified atom stereocenters. The van der Waals surface area contributed by atoms with E-state index in [4.69, 9.17) is 10.8 Å². The van der Waals surface area contributed by atoms with E-state index in [1.807, 2.05) is 6.07 Å². The standard InChI is InChI=1S/C10H10N4O2S/c1-5-2-6(17-10-12-4-13-14-10)3-7(8(5)11)9(15)16/h2-4H,11H2,1H3,(H,15,16)(H,12,13,14). The molecular formula is C10H10N4O2S. The minimum Gasteiger partial charge on any atom is -0.478 e. The molecule has 88 valence electrons. The van der Waals surface area contributed by atoms with E-state index in [0.717, 1.165) is 10.5 Å². The second kappa shape index (κ2) is 4.46. The Morgan fingerprint density at radius 1 is 1.53 bits per heavy atom.